The first-order chi connectivity index (χ1) is 14.7. The topological polar surface area (TPSA) is 116 Å². The second-order valence-electron chi connectivity index (χ2n) is 10.6. The number of phenols is 1. The van der Waals surface area contributed by atoms with Crippen molar-refractivity contribution in [3.63, 3.8) is 0 Å². The number of aliphatic hydroxyl groups excluding tert-OH is 1. The highest BCUT2D eigenvalue weighted by atomic mass is 35.5. The molecule has 0 saturated heterocycles. The molecule has 4 N–H and O–H groups in total. The van der Waals surface area contributed by atoms with Crippen LogP contribution in [0.25, 0.3) is 0 Å². The minimum atomic E-state index is -1.62. The molecule has 0 radical (unpaired) electrons. The quantitative estimate of drug-likeness (QED) is 0.398. The number of carbonyl (C=O) groups is 1. The highest BCUT2D eigenvalue weighted by Crippen LogP contribution is 2.69. The number of esters is 1. The Morgan fingerprint density at radius 2 is 1.91 bits per heavy atom. The summed E-state index contributed by atoms with van der Waals surface area (Å²) in [6, 6.07) is 1.24. The number of methoxy groups -OCH3 is 1. The van der Waals surface area contributed by atoms with E-state index in [0.29, 0.717) is 24.8 Å². The first-order valence-electron chi connectivity index (χ1n) is 10.8. The molecule has 1 aromatic rings. The van der Waals surface area contributed by atoms with Crippen LogP contribution in [0.3, 0.4) is 0 Å². The fourth-order valence-corrected chi connectivity index (χ4v) is 6.80. The average molecular weight is 467 g/mol. The van der Waals surface area contributed by atoms with Crippen molar-refractivity contribution >= 4 is 17.6 Å². The number of ether oxygens (including phenoxy) is 2. The van der Waals surface area contributed by atoms with Crippen molar-refractivity contribution in [3.05, 3.63) is 33.9 Å². The lowest BCUT2D eigenvalue weighted by Gasteiger charge is -2.66. The number of carbonyl (C=O) groups excluding carboxylic acids is 1. The first-order valence-corrected chi connectivity index (χ1v) is 11.2. The number of fused-ring (bicyclic) bond motifs is 3. The smallest absolute Gasteiger partial charge is 0.342 e. The van der Waals surface area contributed by atoms with Crippen molar-refractivity contribution in [2.45, 2.75) is 64.3 Å². The van der Waals surface area contributed by atoms with E-state index in [-0.39, 0.29) is 39.0 Å². The number of halogens is 1. The minimum Gasteiger partial charge on any atom is -0.507 e. The third kappa shape index (κ3) is 2.94. The maximum Gasteiger partial charge on any atom is 0.342 e. The van der Waals surface area contributed by atoms with E-state index < -0.39 is 35.3 Å². The van der Waals surface area contributed by atoms with Gasteiger partial charge in [-0.05, 0) is 48.8 Å². The van der Waals surface area contributed by atoms with Crippen molar-refractivity contribution in [3.8, 4) is 11.5 Å². The number of benzene rings is 1. The largest absolute Gasteiger partial charge is 0.507 e. The fraction of sp³-hybridized carbons (Fsp3) is 0.625. The molecule has 7 nitrogen and oxygen atoms in total. The van der Waals surface area contributed by atoms with E-state index in [0.717, 1.165) is 0 Å². The van der Waals surface area contributed by atoms with Crippen molar-refractivity contribution in [1.29, 1.82) is 0 Å². The van der Waals surface area contributed by atoms with Crippen LogP contribution in [0, 0.1) is 23.7 Å². The summed E-state index contributed by atoms with van der Waals surface area (Å²) in [5.41, 5.74) is -3.19. The van der Waals surface area contributed by atoms with E-state index in [4.69, 9.17) is 21.1 Å². The molecule has 0 heterocycles. The number of hydrogen-bond acceptors (Lipinski definition) is 7. The molecule has 0 aromatic heterocycles. The van der Waals surface area contributed by atoms with Crippen LogP contribution in [-0.2, 0) is 4.74 Å². The van der Waals surface area contributed by atoms with Crippen LogP contribution >= 0.6 is 11.6 Å². The maximum absolute atomic E-state index is 13.0. The Bertz CT molecular complexity index is 1020. The highest BCUT2D eigenvalue weighted by Gasteiger charge is 2.75. The number of aromatic hydroxyl groups is 1. The summed E-state index contributed by atoms with van der Waals surface area (Å²) in [5, 5.41) is 43.8. The summed E-state index contributed by atoms with van der Waals surface area (Å²) < 4.78 is 10.8. The van der Waals surface area contributed by atoms with Crippen LogP contribution in [0.2, 0.25) is 5.02 Å². The van der Waals surface area contributed by atoms with Gasteiger partial charge in [0.25, 0.3) is 0 Å². The molecule has 0 bridgehead atoms. The molecule has 176 valence electrons. The third-order valence-electron chi connectivity index (χ3n) is 8.04. The van der Waals surface area contributed by atoms with Gasteiger partial charge >= 0.3 is 5.97 Å². The van der Waals surface area contributed by atoms with Gasteiger partial charge in [0.2, 0.25) is 0 Å². The molecule has 2 fully saturated rings. The van der Waals surface area contributed by atoms with Crippen LogP contribution in [0.1, 0.15) is 56.0 Å². The van der Waals surface area contributed by atoms with E-state index in [2.05, 4.69) is 13.8 Å². The molecule has 0 spiro atoms. The Labute approximate surface area is 192 Å². The molecule has 8 heteroatoms. The van der Waals surface area contributed by atoms with Crippen LogP contribution in [0.5, 0.6) is 11.5 Å². The zero-order valence-corrected chi connectivity index (χ0v) is 19.8. The van der Waals surface area contributed by atoms with Gasteiger partial charge in [-0.25, -0.2) is 4.79 Å². The van der Waals surface area contributed by atoms with Crippen LogP contribution in [-0.4, -0.2) is 57.4 Å². The van der Waals surface area contributed by atoms with Gasteiger partial charge in [0.05, 0.1) is 24.3 Å². The number of rotatable bonds is 4. The lowest BCUT2D eigenvalue weighted by molar-refractivity contribution is -0.264. The number of hydrogen-bond donors (Lipinski definition) is 4. The van der Waals surface area contributed by atoms with E-state index in [9.17, 15) is 25.2 Å². The molecule has 4 rings (SSSR count). The predicted molar refractivity (Wildman–Crippen MR) is 118 cm³/mol. The minimum absolute atomic E-state index is 0.100. The second-order valence-corrected chi connectivity index (χ2v) is 11.0. The zero-order chi connectivity index (χ0) is 23.9. The average Bonchev–Trinajstić information content (AvgIpc) is 2.96. The summed E-state index contributed by atoms with van der Waals surface area (Å²) in [7, 11) is 1.40. The maximum atomic E-state index is 13.0. The van der Waals surface area contributed by atoms with Crippen molar-refractivity contribution in [2.75, 3.05) is 13.7 Å². The lowest BCUT2D eigenvalue weighted by atomic mass is 9.43. The number of phenolic OH excluding ortho intramolecular Hbond substituents is 1. The molecule has 5 unspecified atom stereocenters. The van der Waals surface area contributed by atoms with Crippen LogP contribution in [0.15, 0.2) is 17.7 Å². The Morgan fingerprint density at radius 3 is 2.50 bits per heavy atom. The molecule has 5 atom stereocenters. The van der Waals surface area contributed by atoms with Gasteiger partial charge in [0.15, 0.2) is 0 Å². The summed E-state index contributed by atoms with van der Waals surface area (Å²) in [6.45, 7) is 7.14. The molecular formula is C24H31ClO7. The van der Waals surface area contributed by atoms with E-state index in [1.54, 1.807) is 13.0 Å². The lowest BCUT2D eigenvalue weighted by Crippen LogP contribution is -2.75. The highest BCUT2D eigenvalue weighted by molar-refractivity contribution is 6.33. The monoisotopic (exact) mass is 466 g/mol. The molecule has 2 saturated carbocycles. The van der Waals surface area contributed by atoms with Gasteiger partial charge in [-0.15, -0.1) is 0 Å². The summed E-state index contributed by atoms with van der Waals surface area (Å²) >= 11 is 6.24. The molecule has 0 aliphatic heterocycles. The van der Waals surface area contributed by atoms with Gasteiger partial charge in [-0.3, -0.25) is 0 Å². The standard InChI is InChI=1S/C24H31ClO7/c1-12-18(14(27)6-15(31-5)19(12)25)20(28)32-17-9-22(4)16-8-21(2,3)11-23(16,29)7-13(10-26)24(17,22)30/h6-7,16-17,26-27,29-30H,8-11H2,1-5H3. The van der Waals surface area contributed by atoms with Gasteiger partial charge in [0.1, 0.15) is 28.8 Å². The van der Waals surface area contributed by atoms with E-state index >= 15 is 0 Å². The summed E-state index contributed by atoms with van der Waals surface area (Å²) in [4.78, 5) is 13.0. The number of aliphatic hydroxyl groups is 3. The Morgan fingerprint density at radius 1 is 1.25 bits per heavy atom. The van der Waals surface area contributed by atoms with Gasteiger partial charge < -0.3 is 29.9 Å². The summed E-state index contributed by atoms with van der Waals surface area (Å²) in [5.74, 6) is -1.17. The van der Waals surface area contributed by atoms with E-state index in [1.807, 2.05) is 6.92 Å². The third-order valence-corrected chi connectivity index (χ3v) is 8.51. The molecular weight excluding hydrogens is 436 g/mol. The van der Waals surface area contributed by atoms with Crippen molar-refractivity contribution < 1.29 is 34.7 Å². The zero-order valence-electron chi connectivity index (χ0n) is 19.0. The van der Waals surface area contributed by atoms with Crippen molar-refractivity contribution in [2.24, 2.45) is 16.7 Å². The molecule has 1 aromatic carbocycles. The van der Waals surface area contributed by atoms with Crippen molar-refractivity contribution in [1.82, 2.24) is 0 Å². The molecule has 0 amide bonds. The molecule has 32 heavy (non-hydrogen) atoms. The van der Waals surface area contributed by atoms with Gasteiger partial charge in [0, 0.05) is 17.4 Å². The Kier molecular flexibility index (Phi) is 5.18. The van der Waals surface area contributed by atoms with Crippen LogP contribution < -0.4 is 4.74 Å². The first kappa shape index (κ1) is 23.4. The molecule has 3 aliphatic carbocycles. The Hall–Kier alpha value is -1.80. The normalized spacial score (nSPS) is 37.1. The van der Waals surface area contributed by atoms with Gasteiger partial charge in [-0.1, -0.05) is 32.4 Å². The fourth-order valence-electron chi connectivity index (χ4n) is 6.57. The summed E-state index contributed by atoms with van der Waals surface area (Å²) in [6.07, 6.45) is 2.18. The van der Waals surface area contributed by atoms with E-state index in [1.165, 1.54) is 13.2 Å². The van der Waals surface area contributed by atoms with Crippen LogP contribution in [0.4, 0.5) is 0 Å². The van der Waals surface area contributed by atoms with Gasteiger partial charge in [-0.2, -0.15) is 0 Å². The SMILES string of the molecule is COc1cc(O)c(C(=O)OC2CC3(C)C4CC(C)(C)CC4(O)C=C(CO)C23O)c(C)c1Cl. The molecule has 3 aliphatic rings. The second kappa shape index (κ2) is 7.10. The Balaban J connectivity index is 1.68. The predicted octanol–water partition coefficient (Wildman–Crippen LogP) is 3.13.